The van der Waals surface area contributed by atoms with E-state index in [-0.39, 0.29) is 12.1 Å². The first-order chi connectivity index (χ1) is 7.35. The normalized spacial score (nSPS) is 16.9. The first-order valence-electron chi connectivity index (χ1n) is 5.74. The number of nitrogens with one attached hydrogen (secondary N) is 1. The van der Waals surface area contributed by atoms with Crippen LogP contribution in [0.3, 0.4) is 0 Å². The van der Waals surface area contributed by atoms with E-state index >= 15 is 0 Å². The molecule has 96 valence electrons. The molecule has 0 spiro atoms. The summed E-state index contributed by atoms with van der Waals surface area (Å²) in [7, 11) is 3.11. The Morgan fingerprint density at radius 3 is 2.31 bits per heavy atom. The summed E-state index contributed by atoms with van der Waals surface area (Å²) in [6.07, 6.45) is 1.14. The van der Waals surface area contributed by atoms with Gasteiger partial charge in [0.15, 0.2) is 0 Å². The number of carbonyl (C=O) groups is 1. The maximum Gasteiger partial charge on any atom is 0.328 e. The summed E-state index contributed by atoms with van der Waals surface area (Å²) in [4.78, 5) is 11.5. The molecule has 2 atom stereocenters. The van der Waals surface area contributed by atoms with E-state index < -0.39 is 5.54 Å². The third kappa shape index (κ3) is 4.94. The average molecular weight is 231 g/mol. The molecule has 0 saturated heterocycles. The van der Waals surface area contributed by atoms with Gasteiger partial charge in [0.05, 0.1) is 19.8 Å². The minimum atomic E-state index is -0.764. The molecule has 0 rings (SSSR count). The molecule has 0 aromatic heterocycles. The second-order valence-corrected chi connectivity index (χ2v) is 4.82. The Morgan fingerprint density at radius 1 is 1.38 bits per heavy atom. The van der Waals surface area contributed by atoms with Crippen LogP contribution in [0.25, 0.3) is 0 Å². The zero-order valence-corrected chi connectivity index (χ0v) is 11.3. The van der Waals surface area contributed by atoms with Crippen molar-refractivity contribution in [2.24, 2.45) is 5.92 Å². The molecule has 0 aliphatic heterocycles. The lowest BCUT2D eigenvalue weighted by molar-refractivity contribution is -0.151. The Labute approximate surface area is 98.7 Å². The molecule has 0 heterocycles. The molecule has 0 saturated carbocycles. The van der Waals surface area contributed by atoms with Crippen LogP contribution in [0.5, 0.6) is 0 Å². The van der Waals surface area contributed by atoms with Crippen LogP contribution in [0.1, 0.15) is 34.1 Å². The summed E-state index contributed by atoms with van der Waals surface area (Å²) in [5.74, 6) is 0.292. The van der Waals surface area contributed by atoms with Gasteiger partial charge in [0.1, 0.15) is 5.54 Å². The molecule has 0 radical (unpaired) electrons. The number of likely N-dealkylation sites (N-methyl/N-ethyl adjacent to an activating group) is 1. The Morgan fingerprint density at radius 2 is 1.94 bits per heavy atom. The lowest BCUT2D eigenvalue weighted by atomic mass is 10.0. The highest BCUT2D eigenvalue weighted by atomic mass is 16.5. The molecule has 0 aliphatic carbocycles. The van der Waals surface area contributed by atoms with E-state index in [0.717, 1.165) is 6.42 Å². The third-order valence-corrected chi connectivity index (χ3v) is 2.65. The van der Waals surface area contributed by atoms with Crippen LogP contribution in [0.2, 0.25) is 0 Å². The van der Waals surface area contributed by atoms with Gasteiger partial charge in [-0.3, -0.25) is 0 Å². The first-order valence-corrected chi connectivity index (χ1v) is 5.74. The van der Waals surface area contributed by atoms with Gasteiger partial charge in [-0.15, -0.1) is 0 Å². The van der Waals surface area contributed by atoms with Crippen molar-refractivity contribution in [3.8, 4) is 0 Å². The topological polar surface area (TPSA) is 47.6 Å². The zero-order valence-electron chi connectivity index (χ0n) is 11.3. The molecule has 0 fully saturated rings. The third-order valence-electron chi connectivity index (χ3n) is 2.65. The van der Waals surface area contributed by atoms with Crippen molar-refractivity contribution in [1.29, 1.82) is 0 Å². The maximum absolute atomic E-state index is 11.5. The van der Waals surface area contributed by atoms with E-state index in [1.807, 2.05) is 6.92 Å². The van der Waals surface area contributed by atoms with Crippen LogP contribution < -0.4 is 5.32 Å². The average Bonchev–Trinajstić information content (AvgIpc) is 2.23. The highest BCUT2D eigenvalue weighted by Crippen LogP contribution is 2.12. The summed E-state index contributed by atoms with van der Waals surface area (Å²) in [6.45, 7) is 8.42. The molecular formula is C12H25NO3. The number of hydrogen-bond donors (Lipinski definition) is 1. The molecule has 0 aromatic carbocycles. The highest BCUT2D eigenvalue weighted by Gasteiger charge is 2.33. The van der Waals surface area contributed by atoms with Crippen LogP contribution in [0, 0.1) is 5.92 Å². The van der Waals surface area contributed by atoms with Crippen molar-refractivity contribution < 1.29 is 14.3 Å². The van der Waals surface area contributed by atoms with E-state index in [0.29, 0.717) is 12.5 Å². The predicted octanol–water partition coefficient (Wildman–Crippen LogP) is 1.59. The van der Waals surface area contributed by atoms with Gasteiger partial charge in [-0.05, 0) is 33.2 Å². The monoisotopic (exact) mass is 231 g/mol. The quantitative estimate of drug-likeness (QED) is 0.676. The number of hydrogen-bond acceptors (Lipinski definition) is 4. The minimum Gasteiger partial charge on any atom is -0.468 e. The lowest BCUT2D eigenvalue weighted by Crippen LogP contribution is -2.52. The van der Waals surface area contributed by atoms with Crippen LogP contribution in [0.15, 0.2) is 0 Å². The highest BCUT2D eigenvalue weighted by molar-refractivity contribution is 5.80. The number of ether oxygens (including phenoxy) is 2. The van der Waals surface area contributed by atoms with E-state index in [1.54, 1.807) is 14.0 Å². The van der Waals surface area contributed by atoms with Crippen molar-refractivity contribution in [3.63, 3.8) is 0 Å². The molecule has 0 bridgehead atoms. The van der Waals surface area contributed by atoms with Crippen molar-refractivity contribution in [1.82, 2.24) is 5.32 Å². The Hall–Kier alpha value is -0.610. The van der Waals surface area contributed by atoms with Crippen molar-refractivity contribution >= 4 is 5.97 Å². The predicted molar refractivity (Wildman–Crippen MR) is 64.3 cm³/mol. The molecule has 4 nitrogen and oxygen atoms in total. The van der Waals surface area contributed by atoms with Gasteiger partial charge in [-0.2, -0.15) is 0 Å². The molecule has 0 amide bonds. The number of esters is 1. The van der Waals surface area contributed by atoms with Crippen LogP contribution in [-0.2, 0) is 14.3 Å². The summed E-state index contributed by atoms with van der Waals surface area (Å²) in [5, 5.41) is 2.94. The molecule has 1 N–H and O–H groups in total. The molecule has 0 aromatic rings. The number of rotatable bonds is 7. The van der Waals surface area contributed by atoms with Gasteiger partial charge < -0.3 is 14.8 Å². The lowest BCUT2D eigenvalue weighted by Gasteiger charge is -2.27. The van der Waals surface area contributed by atoms with E-state index in [4.69, 9.17) is 9.47 Å². The van der Waals surface area contributed by atoms with E-state index in [1.165, 1.54) is 7.11 Å². The summed E-state index contributed by atoms with van der Waals surface area (Å²) in [5.41, 5.74) is -0.764. The van der Waals surface area contributed by atoms with Gasteiger partial charge in [-0.1, -0.05) is 13.8 Å². The molecule has 0 aliphatic rings. The fourth-order valence-electron chi connectivity index (χ4n) is 1.50. The zero-order chi connectivity index (χ0) is 12.8. The van der Waals surface area contributed by atoms with Crippen LogP contribution in [0.4, 0.5) is 0 Å². The van der Waals surface area contributed by atoms with Crippen molar-refractivity contribution in [3.05, 3.63) is 0 Å². The Kier molecular flexibility index (Phi) is 6.60. The van der Waals surface area contributed by atoms with Crippen molar-refractivity contribution in [2.75, 3.05) is 20.8 Å². The summed E-state index contributed by atoms with van der Waals surface area (Å²) >= 11 is 0. The molecule has 2 unspecified atom stereocenters. The van der Waals surface area contributed by atoms with E-state index in [2.05, 4.69) is 19.2 Å². The van der Waals surface area contributed by atoms with Crippen molar-refractivity contribution in [2.45, 2.75) is 45.8 Å². The van der Waals surface area contributed by atoms with Gasteiger partial charge in [0, 0.05) is 0 Å². The standard InChI is InChI=1S/C12H25NO3/c1-9(2)7-10(3)16-8-12(4,13-5)11(14)15-6/h9-10,13H,7-8H2,1-6H3. The Balaban J connectivity index is 4.18. The molecular weight excluding hydrogens is 206 g/mol. The number of methoxy groups -OCH3 is 1. The van der Waals surface area contributed by atoms with Crippen LogP contribution >= 0.6 is 0 Å². The van der Waals surface area contributed by atoms with Gasteiger partial charge in [0.25, 0.3) is 0 Å². The summed E-state index contributed by atoms with van der Waals surface area (Å²) < 4.78 is 10.4. The van der Waals surface area contributed by atoms with Crippen LogP contribution in [-0.4, -0.2) is 38.4 Å². The molecule has 16 heavy (non-hydrogen) atoms. The minimum absolute atomic E-state index is 0.150. The number of carbonyl (C=O) groups excluding carboxylic acids is 1. The SMILES string of the molecule is CNC(C)(COC(C)CC(C)C)C(=O)OC. The maximum atomic E-state index is 11.5. The van der Waals surface area contributed by atoms with Gasteiger partial charge in [0.2, 0.25) is 0 Å². The fraction of sp³-hybridized carbons (Fsp3) is 0.917. The second-order valence-electron chi connectivity index (χ2n) is 4.82. The van der Waals surface area contributed by atoms with Gasteiger partial charge >= 0.3 is 5.97 Å². The molecule has 4 heteroatoms. The Bertz CT molecular complexity index is 218. The first kappa shape index (κ1) is 15.4. The fourth-order valence-corrected chi connectivity index (χ4v) is 1.50. The smallest absolute Gasteiger partial charge is 0.328 e. The van der Waals surface area contributed by atoms with Gasteiger partial charge in [-0.25, -0.2) is 4.79 Å². The second kappa shape index (κ2) is 6.86. The summed E-state index contributed by atoms with van der Waals surface area (Å²) in [6, 6.07) is 0. The largest absolute Gasteiger partial charge is 0.468 e. The van der Waals surface area contributed by atoms with E-state index in [9.17, 15) is 4.79 Å².